The summed E-state index contributed by atoms with van der Waals surface area (Å²) in [7, 11) is 4.82. The maximum Gasteiger partial charge on any atom is 0.255 e. The summed E-state index contributed by atoms with van der Waals surface area (Å²) in [6.45, 7) is 2.36. The van der Waals surface area contributed by atoms with E-state index < -0.39 is 0 Å². The summed E-state index contributed by atoms with van der Waals surface area (Å²) in [6.07, 6.45) is 0. The molecule has 0 heterocycles. The smallest absolute Gasteiger partial charge is 0.255 e. The Balaban J connectivity index is 2.27. The SMILES string of the molecule is CCOc1ccc(C(=O)Nc2cc(C(=O)N(C)C)ccc2Cl)cc1OC. The normalized spacial score (nSPS) is 10.2. The summed E-state index contributed by atoms with van der Waals surface area (Å²) in [5.74, 6) is 0.466. The van der Waals surface area contributed by atoms with Gasteiger partial charge < -0.3 is 19.7 Å². The number of methoxy groups -OCH3 is 1. The van der Waals surface area contributed by atoms with E-state index in [1.54, 1.807) is 50.5 Å². The van der Waals surface area contributed by atoms with Gasteiger partial charge in [0, 0.05) is 25.2 Å². The van der Waals surface area contributed by atoms with E-state index in [0.29, 0.717) is 39.9 Å². The number of benzene rings is 2. The quantitative estimate of drug-likeness (QED) is 0.834. The third kappa shape index (κ3) is 4.46. The zero-order chi connectivity index (χ0) is 19.3. The van der Waals surface area contributed by atoms with Gasteiger partial charge in [-0.25, -0.2) is 0 Å². The Hall–Kier alpha value is -2.73. The molecule has 6 nitrogen and oxygen atoms in total. The molecule has 0 saturated heterocycles. The lowest BCUT2D eigenvalue weighted by Crippen LogP contribution is -2.22. The van der Waals surface area contributed by atoms with Gasteiger partial charge in [-0.2, -0.15) is 0 Å². The fourth-order valence-electron chi connectivity index (χ4n) is 2.29. The van der Waals surface area contributed by atoms with E-state index in [0.717, 1.165) is 0 Å². The van der Waals surface area contributed by atoms with E-state index in [1.807, 2.05) is 6.92 Å². The lowest BCUT2D eigenvalue weighted by atomic mass is 10.1. The molecule has 0 aliphatic heterocycles. The first-order chi connectivity index (χ1) is 12.4. The molecule has 0 spiro atoms. The molecule has 0 aromatic heterocycles. The van der Waals surface area contributed by atoms with Crippen LogP contribution in [0.5, 0.6) is 11.5 Å². The Kier molecular flexibility index (Phi) is 6.46. The maximum atomic E-state index is 12.6. The number of hydrogen-bond donors (Lipinski definition) is 1. The number of nitrogens with one attached hydrogen (secondary N) is 1. The molecule has 138 valence electrons. The highest BCUT2D eigenvalue weighted by Gasteiger charge is 2.15. The number of ether oxygens (including phenoxy) is 2. The molecule has 1 N–H and O–H groups in total. The molecule has 0 unspecified atom stereocenters. The Morgan fingerprint density at radius 3 is 2.38 bits per heavy atom. The summed E-state index contributed by atoms with van der Waals surface area (Å²) in [5.41, 5.74) is 1.17. The topological polar surface area (TPSA) is 67.9 Å². The van der Waals surface area contributed by atoms with E-state index in [4.69, 9.17) is 21.1 Å². The van der Waals surface area contributed by atoms with Gasteiger partial charge in [-0.1, -0.05) is 11.6 Å². The number of halogens is 1. The summed E-state index contributed by atoms with van der Waals surface area (Å²) in [4.78, 5) is 26.1. The minimum atomic E-state index is -0.372. The van der Waals surface area contributed by atoms with Crippen LogP contribution >= 0.6 is 11.6 Å². The summed E-state index contributed by atoms with van der Waals surface area (Å²) >= 11 is 6.15. The Labute approximate surface area is 157 Å². The summed E-state index contributed by atoms with van der Waals surface area (Å²) < 4.78 is 10.7. The van der Waals surface area contributed by atoms with Crippen molar-refractivity contribution in [3.8, 4) is 11.5 Å². The minimum absolute atomic E-state index is 0.181. The van der Waals surface area contributed by atoms with Crippen molar-refractivity contribution in [3.63, 3.8) is 0 Å². The van der Waals surface area contributed by atoms with E-state index in [2.05, 4.69) is 5.32 Å². The van der Waals surface area contributed by atoms with Crippen molar-refractivity contribution in [1.82, 2.24) is 4.90 Å². The number of amides is 2. The van der Waals surface area contributed by atoms with Gasteiger partial charge in [-0.05, 0) is 43.3 Å². The number of carbonyl (C=O) groups is 2. The molecule has 0 fully saturated rings. The lowest BCUT2D eigenvalue weighted by Gasteiger charge is -2.14. The lowest BCUT2D eigenvalue weighted by molar-refractivity contribution is 0.0827. The fourth-order valence-corrected chi connectivity index (χ4v) is 2.46. The van der Waals surface area contributed by atoms with E-state index in [-0.39, 0.29) is 11.8 Å². The van der Waals surface area contributed by atoms with Gasteiger partial charge in [0.25, 0.3) is 11.8 Å². The van der Waals surface area contributed by atoms with Gasteiger partial charge in [0.1, 0.15) is 0 Å². The molecule has 2 amide bonds. The molecule has 7 heteroatoms. The van der Waals surface area contributed by atoms with Crippen molar-refractivity contribution in [2.45, 2.75) is 6.92 Å². The predicted octanol–water partition coefficient (Wildman–Crippen LogP) is 3.70. The second kappa shape index (κ2) is 8.58. The number of carbonyl (C=O) groups excluding carboxylic acids is 2. The highest BCUT2D eigenvalue weighted by atomic mass is 35.5. The van der Waals surface area contributed by atoms with Gasteiger partial charge >= 0.3 is 0 Å². The predicted molar refractivity (Wildman–Crippen MR) is 102 cm³/mol. The standard InChI is InChI=1S/C19H21ClN2O4/c1-5-26-16-9-7-12(11-17(16)25-4)18(23)21-15-10-13(6-8-14(15)20)19(24)22(2)3/h6-11H,5H2,1-4H3,(H,21,23). The average Bonchev–Trinajstić information content (AvgIpc) is 2.63. The molecule has 0 bridgehead atoms. The zero-order valence-corrected chi connectivity index (χ0v) is 15.9. The van der Waals surface area contributed by atoms with Crippen LogP contribution in [-0.4, -0.2) is 44.5 Å². The molecule has 0 atom stereocenters. The highest BCUT2D eigenvalue weighted by molar-refractivity contribution is 6.34. The molecule has 0 aliphatic rings. The summed E-state index contributed by atoms with van der Waals surface area (Å²) in [5, 5.41) is 3.06. The van der Waals surface area contributed by atoms with Gasteiger partial charge in [-0.3, -0.25) is 9.59 Å². The third-order valence-electron chi connectivity index (χ3n) is 3.59. The maximum absolute atomic E-state index is 12.6. The van der Waals surface area contributed by atoms with Crippen LogP contribution in [-0.2, 0) is 0 Å². The number of hydrogen-bond acceptors (Lipinski definition) is 4. The molecule has 0 saturated carbocycles. The summed E-state index contributed by atoms with van der Waals surface area (Å²) in [6, 6.07) is 9.63. The number of rotatable bonds is 6. The first-order valence-electron chi connectivity index (χ1n) is 8.00. The van der Waals surface area contributed by atoms with Crippen molar-refractivity contribution < 1.29 is 19.1 Å². The first kappa shape index (κ1) is 19.6. The van der Waals surface area contributed by atoms with E-state index in [9.17, 15) is 9.59 Å². The number of nitrogens with zero attached hydrogens (tertiary/aromatic N) is 1. The monoisotopic (exact) mass is 376 g/mol. The van der Waals surface area contributed by atoms with E-state index >= 15 is 0 Å². The van der Waals surface area contributed by atoms with Crippen LogP contribution in [0.4, 0.5) is 5.69 Å². The third-order valence-corrected chi connectivity index (χ3v) is 3.92. The molecular weight excluding hydrogens is 356 g/mol. The van der Waals surface area contributed by atoms with Crippen LogP contribution in [0.3, 0.4) is 0 Å². The highest BCUT2D eigenvalue weighted by Crippen LogP contribution is 2.29. The zero-order valence-electron chi connectivity index (χ0n) is 15.1. The molecule has 2 aromatic carbocycles. The van der Waals surface area contributed by atoms with Gasteiger partial charge in [-0.15, -0.1) is 0 Å². The second-order valence-electron chi connectivity index (χ2n) is 5.65. The van der Waals surface area contributed by atoms with Crippen molar-refractivity contribution in [1.29, 1.82) is 0 Å². The van der Waals surface area contributed by atoms with Crippen LogP contribution < -0.4 is 14.8 Å². The van der Waals surface area contributed by atoms with Crippen molar-refractivity contribution in [2.75, 3.05) is 33.1 Å². The molecule has 26 heavy (non-hydrogen) atoms. The van der Waals surface area contributed by atoms with E-state index in [1.165, 1.54) is 12.0 Å². The van der Waals surface area contributed by atoms with Crippen molar-refractivity contribution in [3.05, 3.63) is 52.5 Å². The minimum Gasteiger partial charge on any atom is -0.493 e. The molecule has 0 aliphatic carbocycles. The molecule has 0 radical (unpaired) electrons. The molecule has 2 aromatic rings. The van der Waals surface area contributed by atoms with Crippen molar-refractivity contribution in [2.24, 2.45) is 0 Å². The average molecular weight is 377 g/mol. The van der Waals surface area contributed by atoms with Crippen LogP contribution in [0, 0.1) is 0 Å². The first-order valence-corrected chi connectivity index (χ1v) is 8.38. The fraction of sp³-hybridized carbons (Fsp3) is 0.263. The second-order valence-corrected chi connectivity index (χ2v) is 6.05. The van der Waals surface area contributed by atoms with Crippen LogP contribution in [0.1, 0.15) is 27.6 Å². The Morgan fingerprint density at radius 1 is 1.08 bits per heavy atom. The van der Waals surface area contributed by atoms with Crippen LogP contribution in [0.25, 0.3) is 0 Å². The largest absolute Gasteiger partial charge is 0.493 e. The van der Waals surface area contributed by atoms with Gasteiger partial charge in [0.05, 0.1) is 24.4 Å². The van der Waals surface area contributed by atoms with Gasteiger partial charge in [0.2, 0.25) is 0 Å². The number of anilines is 1. The van der Waals surface area contributed by atoms with Gasteiger partial charge in [0.15, 0.2) is 11.5 Å². The molecule has 2 rings (SSSR count). The van der Waals surface area contributed by atoms with Crippen LogP contribution in [0.2, 0.25) is 5.02 Å². The van der Waals surface area contributed by atoms with Crippen LogP contribution in [0.15, 0.2) is 36.4 Å². The van der Waals surface area contributed by atoms with Crippen molar-refractivity contribution >= 4 is 29.1 Å². The Morgan fingerprint density at radius 2 is 1.77 bits per heavy atom. The molecular formula is C19H21ClN2O4. The Bertz CT molecular complexity index is 821.